The summed E-state index contributed by atoms with van der Waals surface area (Å²) in [6.45, 7) is 5.03. The molecule has 6 heteroatoms. The van der Waals surface area contributed by atoms with Gasteiger partial charge in [0.05, 0.1) is 36.1 Å². The molecule has 4 rings (SSSR count). The first-order valence-corrected chi connectivity index (χ1v) is 8.93. The largest absolute Gasteiger partial charge is 0.545 e. The highest BCUT2D eigenvalue weighted by Crippen LogP contribution is 2.32. The molecule has 1 aliphatic rings. The summed E-state index contributed by atoms with van der Waals surface area (Å²) in [7, 11) is 0. The fourth-order valence-electron chi connectivity index (χ4n) is 3.40. The monoisotopic (exact) mass is 362 g/mol. The molecule has 0 unspecified atom stereocenters. The van der Waals surface area contributed by atoms with Crippen molar-refractivity contribution in [2.24, 2.45) is 0 Å². The van der Waals surface area contributed by atoms with Gasteiger partial charge in [-0.1, -0.05) is 24.3 Å². The van der Waals surface area contributed by atoms with Gasteiger partial charge in [-0.3, -0.25) is 4.98 Å². The number of anilines is 3. The number of carbonyl (C=O) groups excluding carboxylic acids is 1. The third-order valence-electron chi connectivity index (χ3n) is 4.70. The normalized spacial score (nSPS) is 14.3. The van der Waals surface area contributed by atoms with E-state index in [0.29, 0.717) is 5.52 Å². The molecule has 2 heterocycles. The molecule has 0 radical (unpaired) electrons. The van der Waals surface area contributed by atoms with E-state index in [1.807, 2.05) is 31.2 Å². The first-order valence-electron chi connectivity index (χ1n) is 8.93. The van der Waals surface area contributed by atoms with Gasteiger partial charge in [0.1, 0.15) is 0 Å². The SMILES string of the molecule is Cc1cc(Nc2ccccc2N2CCOCC2)c2ccc(C(=O)[O-])cc2n1. The lowest BCUT2D eigenvalue weighted by Crippen LogP contribution is -2.36. The second-order valence-electron chi connectivity index (χ2n) is 6.57. The van der Waals surface area contributed by atoms with Crippen LogP contribution in [0, 0.1) is 6.92 Å². The Morgan fingerprint density at radius 1 is 1.11 bits per heavy atom. The maximum Gasteiger partial charge on any atom is 0.0732 e. The lowest BCUT2D eigenvalue weighted by atomic mass is 10.1. The summed E-state index contributed by atoms with van der Waals surface area (Å²) in [5.74, 6) is -1.20. The lowest BCUT2D eigenvalue weighted by molar-refractivity contribution is -0.255. The number of hydrogen-bond acceptors (Lipinski definition) is 6. The number of rotatable bonds is 4. The Balaban J connectivity index is 1.75. The zero-order chi connectivity index (χ0) is 18.8. The van der Waals surface area contributed by atoms with Gasteiger partial charge in [-0.25, -0.2) is 0 Å². The Bertz CT molecular complexity index is 997. The zero-order valence-electron chi connectivity index (χ0n) is 15.1. The lowest BCUT2D eigenvalue weighted by Gasteiger charge is -2.30. The number of carboxylic acids is 1. The average molecular weight is 362 g/mol. The van der Waals surface area contributed by atoms with Crippen LogP contribution in [0.4, 0.5) is 17.1 Å². The first kappa shape index (κ1) is 17.3. The molecular formula is C21H20N3O3-. The van der Waals surface area contributed by atoms with E-state index >= 15 is 0 Å². The Morgan fingerprint density at radius 3 is 2.67 bits per heavy atom. The second-order valence-corrected chi connectivity index (χ2v) is 6.57. The van der Waals surface area contributed by atoms with Crippen LogP contribution in [0.1, 0.15) is 16.1 Å². The van der Waals surface area contributed by atoms with Gasteiger partial charge < -0.3 is 24.9 Å². The van der Waals surface area contributed by atoms with E-state index in [4.69, 9.17) is 4.74 Å². The minimum Gasteiger partial charge on any atom is -0.545 e. The van der Waals surface area contributed by atoms with Crippen LogP contribution in [0.2, 0.25) is 0 Å². The van der Waals surface area contributed by atoms with Crippen molar-refractivity contribution in [2.75, 3.05) is 36.5 Å². The third-order valence-corrected chi connectivity index (χ3v) is 4.70. The van der Waals surface area contributed by atoms with Gasteiger partial charge in [0.25, 0.3) is 0 Å². The van der Waals surface area contributed by atoms with Crippen molar-refractivity contribution < 1.29 is 14.6 Å². The number of aromatic nitrogens is 1. The van der Waals surface area contributed by atoms with E-state index in [1.165, 1.54) is 0 Å². The molecule has 1 fully saturated rings. The predicted molar refractivity (Wildman–Crippen MR) is 104 cm³/mol. The van der Waals surface area contributed by atoms with E-state index in [9.17, 15) is 9.90 Å². The number of carbonyl (C=O) groups is 1. The summed E-state index contributed by atoms with van der Waals surface area (Å²) in [4.78, 5) is 17.9. The van der Waals surface area contributed by atoms with Crippen LogP contribution in [0.15, 0.2) is 48.5 Å². The molecular weight excluding hydrogens is 342 g/mol. The van der Waals surface area contributed by atoms with Crippen molar-refractivity contribution in [3.8, 4) is 0 Å². The maximum absolute atomic E-state index is 11.2. The minimum absolute atomic E-state index is 0.125. The van der Waals surface area contributed by atoms with Crippen molar-refractivity contribution >= 4 is 33.9 Å². The third kappa shape index (κ3) is 3.57. The van der Waals surface area contributed by atoms with Crippen molar-refractivity contribution in [1.29, 1.82) is 0 Å². The van der Waals surface area contributed by atoms with Crippen molar-refractivity contribution in [1.82, 2.24) is 4.98 Å². The first-order chi connectivity index (χ1) is 13.1. The smallest absolute Gasteiger partial charge is 0.0732 e. The molecule has 3 aromatic rings. The molecule has 2 aromatic carbocycles. The summed E-state index contributed by atoms with van der Waals surface area (Å²) in [6, 6.07) is 15.0. The number of morpholine rings is 1. The van der Waals surface area contributed by atoms with Gasteiger partial charge in [0.2, 0.25) is 0 Å². The average Bonchev–Trinajstić information content (AvgIpc) is 2.68. The molecule has 138 valence electrons. The number of ether oxygens (including phenoxy) is 1. The zero-order valence-corrected chi connectivity index (χ0v) is 15.1. The van der Waals surface area contributed by atoms with E-state index < -0.39 is 5.97 Å². The highest BCUT2D eigenvalue weighted by molar-refractivity contribution is 5.98. The van der Waals surface area contributed by atoms with Crippen molar-refractivity contribution in [3.05, 3.63) is 59.8 Å². The topological polar surface area (TPSA) is 77.5 Å². The number of pyridine rings is 1. The van der Waals surface area contributed by atoms with Gasteiger partial charge in [0.15, 0.2) is 0 Å². The Kier molecular flexibility index (Phi) is 4.64. The molecule has 0 saturated carbocycles. The molecule has 0 atom stereocenters. The fourth-order valence-corrected chi connectivity index (χ4v) is 3.40. The van der Waals surface area contributed by atoms with E-state index in [0.717, 1.165) is 54.4 Å². The van der Waals surface area contributed by atoms with E-state index in [2.05, 4.69) is 21.3 Å². The van der Waals surface area contributed by atoms with Gasteiger partial charge in [0, 0.05) is 29.9 Å². The van der Waals surface area contributed by atoms with Crippen LogP contribution in [-0.4, -0.2) is 37.3 Å². The summed E-state index contributed by atoms with van der Waals surface area (Å²) < 4.78 is 5.46. The Morgan fingerprint density at radius 2 is 1.89 bits per heavy atom. The number of aryl methyl sites for hydroxylation is 1. The molecule has 0 bridgehead atoms. The number of aromatic carboxylic acids is 1. The molecule has 1 saturated heterocycles. The van der Waals surface area contributed by atoms with Crippen molar-refractivity contribution in [2.45, 2.75) is 6.92 Å². The van der Waals surface area contributed by atoms with Crippen LogP contribution in [0.25, 0.3) is 10.9 Å². The molecule has 0 aliphatic carbocycles. The standard InChI is InChI=1S/C21H21N3O3/c1-14-12-18(16-7-6-15(21(25)26)13-19(16)22-14)23-17-4-2-3-5-20(17)24-8-10-27-11-9-24/h2-7,12-13H,8-11H2,1H3,(H,22,23)(H,25,26)/p-1. The quantitative estimate of drug-likeness (QED) is 0.768. The van der Waals surface area contributed by atoms with Crippen LogP contribution < -0.4 is 15.3 Å². The molecule has 0 spiro atoms. The molecule has 1 aliphatic heterocycles. The number of fused-ring (bicyclic) bond motifs is 1. The number of para-hydroxylation sites is 2. The summed E-state index contributed by atoms with van der Waals surface area (Å²) >= 11 is 0. The summed E-state index contributed by atoms with van der Waals surface area (Å²) in [5, 5.41) is 15.5. The Hall–Kier alpha value is -3.12. The van der Waals surface area contributed by atoms with Gasteiger partial charge in [-0.05, 0) is 36.8 Å². The van der Waals surface area contributed by atoms with E-state index in [-0.39, 0.29) is 5.56 Å². The maximum atomic E-state index is 11.2. The number of benzene rings is 2. The number of carboxylic acid groups (broad SMARTS) is 1. The number of hydrogen-bond donors (Lipinski definition) is 1. The molecule has 0 amide bonds. The molecule has 27 heavy (non-hydrogen) atoms. The fraction of sp³-hybridized carbons (Fsp3) is 0.238. The predicted octanol–water partition coefficient (Wildman–Crippen LogP) is 2.49. The highest BCUT2D eigenvalue weighted by Gasteiger charge is 2.15. The van der Waals surface area contributed by atoms with E-state index in [1.54, 1.807) is 18.2 Å². The van der Waals surface area contributed by atoms with Crippen LogP contribution in [-0.2, 0) is 4.74 Å². The molecule has 1 N–H and O–H groups in total. The van der Waals surface area contributed by atoms with Gasteiger partial charge in [-0.15, -0.1) is 0 Å². The Labute approximate surface area is 157 Å². The van der Waals surface area contributed by atoms with Gasteiger partial charge >= 0.3 is 0 Å². The highest BCUT2D eigenvalue weighted by atomic mass is 16.5. The summed E-state index contributed by atoms with van der Waals surface area (Å²) in [5.41, 5.74) is 4.57. The number of nitrogens with one attached hydrogen (secondary N) is 1. The molecule has 6 nitrogen and oxygen atoms in total. The number of nitrogens with zero attached hydrogens (tertiary/aromatic N) is 2. The second kappa shape index (κ2) is 7.25. The van der Waals surface area contributed by atoms with Crippen molar-refractivity contribution in [3.63, 3.8) is 0 Å². The van der Waals surface area contributed by atoms with Crippen LogP contribution in [0.5, 0.6) is 0 Å². The molecule has 1 aromatic heterocycles. The van der Waals surface area contributed by atoms with Crippen LogP contribution >= 0.6 is 0 Å². The van der Waals surface area contributed by atoms with Gasteiger partial charge in [-0.2, -0.15) is 0 Å². The van der Waals surface area contributed by atoms with Crippen LogP contribution in [0.3, 0.4) is 0 Å². The minimum atomic E-state index is -1.20. The summed E-state index contributed by atoms with van der Waals surface area (Å²) in [6.07, 6.45) is 0.